The van der Waals surface area contributed by atoms with Gasteiger partial charge in [0.1, 0.15) is 17.6 Å². The molecule has 9 nitrogen and oxygen atoms in total. The number of rotatable bonds is 9. The molecule has 1 atom stereocenters. The summed E-state index contributed by atoms with van der Waals surface area (Å²) in [4.78, 5) is 32.8. The molecule has 1 radical (unpaired) electrons. The van der Waals surface area contributed by atoms with Crippen molar-refractivity contribution in [3.05, 3.63) is 116 Å². The van der Waals surface area contributed by atoms with Crippen LogP contribution in [0, 0.1) is 18.3 Å². The van der Waals surface area contributed by atoms with Crippen LogP contribution in [0.4, 0.5) is 0 Å². The molecule has 207 valence electrons. The van der Waals surface area contributed by atoms with Gasteiger partial charge in [0.25, 0.3) is 5.56 Å². The summed E-state index contributed by atoms with van der Waals surface area (Å²) in [5.74, 6) is 0.924. The molecule has 1 N–H and O–H groups in total. The second kappa shape index (κ2) is 14.0. The van der Waals surface area contributed by atoms with Crippen LogP contribution in [0.1, 0.15) is 42.9 Å². The molecular formula is C32H29KN5O4. The van der Waals surface area contributed by atoms with E-state index in [1.54, 1.807) is 35.8 Å². The molecule has 3 aromatic carbocycles. The third-order valence-corrected chi connectivity index (χ3v) is 6.77. The van der Waals surface area contributed by atoms with E-state index in [0.29, 0.717) is 41.5 Å². The minimum Gasteiger partial charge on any atom is -0.476 e. The van der Waals surface area contributed by atoms with E-state index >= 15 is 0 Å². The maximum atomic E-state index is 13.9. The van der Waals surface area contributed by atoms with Crippen molar-refractivity contribution in [2.75, 3.05) is 0 Å². The van der Waals surface area contributed by atoms with Crippen LogP contribution in [0.25, 0.3) is 28.2 Å². The molecule has 0 fully saturated rings. The second-order valence-electron chi connectivity index (χ2n) is 9.72. The van der Waals surface area contributed by atoms with Gasteiger partial charge in [0.2, 0.25) is 0 Å². The Balaban J connectivity index is 0.00000405. The monoisotopic (exact) mass is 586 g/mol. The number of aromatic amines is 1. The first-order chi connectivity index (χ1) is 19.9. The summed E-state index contributed by atoms with van der Waals surface area (Å²) in [7, 11) is 0. The third kappa shape index (κ3) is 6.89. The molecule has 2 heterocycles. The van der Waals surface area contributed by atoms with Crippen molar-refractivity contribution in [2.24, 2.45) is 0 Å². The number of nitriles is 1. The number of aryl methyl sites for hydroxylation is 2. The van der Waals surface area contributed by atoms with E-state index < -0.39 is 11.9 Å². The van der Waals surface area contributed by atoms with Crippen molar-refractivity contribution in [3.8, 4) is 40.0 Å². The number of ether oxygens (including phenoxy) is 1. The van der Waals surface area contributed by atoms with Gasteiger partial charge in [-0.2, -0.15) is 5.26 Å². The fourth-order valence-electron chi connectivity index (χ4n) is 4.84. The molecule has 1 unspecified atom stereocenters. The summed E-state index contributed by atoms with van der Waals surface area (Å²) < 4.78 is 11.9. The minimum absolute atomic E-state index is 0. The van der Waals surface area contributed by atoms with Crippen molar-refractivity contribution in [1.29, 1.82) is 5.26 Å². The van der Waals surface area contributed by atoms with Gasteiger partial charge >= 0.3 is 5.76 Å². The van der Waals surface area contributed by atoms with Crippen LogP contribution in [-0.4, -0.2) is 77.2 Å². The maximum Gasteiger partial charge on any atom is 0.439 e. The van der Waals surface area contributed by atoms with Crippen LogP contribution in [0.15, 0.2) is 86.9 Å². The van der Waals surface area contributed by atoms with Crippen LogP contribution >= 0.6 is 0 Å². The Bertz CT molecular complexity index is 1830. The molecule has 5 rings (SSSR count). The first kappa shape index (κ1) is 31.3. The number of nitrogens with zero attached hydrogens (tertiary/aromatic N) is 4. The average molecular weight is 587 g/mol. The summed E-state index contributed by atoms with van der Waals surface area (Å²) >= 11 is 0. The molecule has 2 aromatic heterocycles. The largest absolute Gasteiger partial charge is 0.476 e. The van der Waals surface area contributed by atoms with Crippen LogP contribution in [-0.2, 0) is 12.8 Å². The van der Waals surface area contributed by atoms with E-state index in [1.807, 2.05) is 61.5 Å². The normalized spacial score (nSPS) is 11.4. The second-order valence-corrected chi connectivity index (χ2v) is 9.72. The van der Waals surface area contributed by atoms with E-state index in [-0.39, 0.29) is 56.9 Å². The molecular weight excluding hydrogens is 557 g/mol. The Morgan fingerprint density at radius 1 is 1.02 bits per heavy atom. The summed E-state index contributed by atoms with van der Waals surface area (Å²) in [6.45, 7) is 5.58. The quantitative estimate of drug-likeness (QED) is 0.241. The van der Waals surface area contributed by atoms with E-state index in [2.05, 4.69) is 17.1 Å². The number of hydrogen-bond donors (Lipinski definition) is 1. The SMILES string of the molecule is CCCc1nc(C)n(-c2ccc(OC(C)C#N)cc2)c(=O)c1Cc1ccc(-c2ccccc2-c2noc(=O)[nH]2)cc1.[K]. The number of aromatic nitrogens is 4. The smallest absolute Gasteiger partial charge is 0.439 e. The van der Waals surface area contributed by atoms with Gasteiger partial charge in [-0.1, -0.05) is 67.0 Å². The van der Waals surface area contributed by atoms with E-state index in [9.17, 15) is 9.59 Å². The van der Waals surface area contributed by atoms with Crippen molar-refractivity contribution >= 4 is 51.4 Å². The first-order valence-corrected chi connectivity index (χ1v) is 13.4. The minimum atomic E-state index is -0.608. The molecule has 0 saturated heterocycles. The Labute approximate surface area is 285 Å². The zero-order valence-corrected chi connectivity index (χ0v) is 27.2. The summed E-state index contributed by atoms with van der Waals surface area (Å²) in [6, 6.07) is 24.7. The van der Waals surface area contributed by atoms with Crippen LogP contribution < -0.4 is 16.1 Å². The molecule has 0 aliphatic heterocycles. The zero-order valence-electron chi connectivity index (χ0n) is 24.0. The van der Waals surface area contributed by atoms with Gasteiger partial charge in [0.05, 0.1) is 11.4 Å². The summed E-state index contributed by atoms with van der Waals surface area (Å²) in [6.07, 6.45) is 1.43. The molecule has 42 heavy (non-hydrogen) atoms. The molecule has 10 heteroatoms. The Kier molecular flexibility index (Phi) is 10.5. The summed E-state index contributed by atoms with van der Waals surface area (Å²) in [5.41, 5.74) is 5.59. The molecule has 0 amide bonds. The number of nitrogens with one attached hydrogen (secondary N) is 1. The van der Waals surface area contributed by atoms with E-state index in [0.717, 1.165) is 34.4 Å². The van der Waals surface area contributed by atoms with Crippen molar-refractivity contribution < 1.29 is 9.26 Å². The number of H-pyrrole nitrogens is 1. The predicted molar refractivity (Wildman–Crippen MR) is 161 cm³/mol. The zero-order chi connectivity index (χ0) is 28.9. The Morgan fingerprint density at radius 3 is 2.33 bits per heavy atom. The average Bonchev–Trinajstić information content (AvgIpc) is 3.42. The van der Waals surface area contributed by atoms with Crippen molar-refractivity contribution in [1.82, 2.24) is 19.7 Å². The van der Waals surface area contributed by atoms with Gasteiger partial charge in [0, 0.05) is 68.9 Å². The fraction of sp³-hybridized carbons (Fsp3) is 0.219. The van der Waals surface area contributed by atoms with Gasteiger partial charge in [-0.15, -0.1) is 0 Å². The van der Waals surface area contributed by atoms with Crippen molar-refractivity contribution in [3.63, 3.8) is 0 Å². The van der Waals surface area contributed by atoms with Gasteiger partial charge in [-0.25, -0.2) is 9.78 Å². The molecule has 0 saturated carbocycles. The first-order valence-electron chi connectivity index (χ1n) is 13.4. The molecule has 0 bridgehead atoms. The standard InChI is InChI=1S/C32H29N5O4.K/c1-4-7-29-28(31(38)37(21(3)34-29)24-14-16-25(17-15-24)40-20(2)19-33)18-22-10-12-23(13-11-22)26-8-5-6-9-27(26)30-35-32(39)41-36-30;/h5-6,8-17,20H,4,7,18H2,1-3H3,(H,35,36,39);. The van der Waals surface area contributed by atoms with E-state index in [1.165, 1.54) is 0 Å². The van der Waals surface area contributed by atoms with Gasteiger partial charge in [-0.05, 0) is 61.2 Å². The van der Waals surface area contributed by atoms with Gasteiger partial charge < -0.3 is 4.74 Å². The third-order valence-electron chi connectivity index (χ3n) is 6.77. The van der Waals surface area contributed by atoms with Crippen LogP contribution in [0.5, 0.6) is 5.75 Å². The molecule has 0 aliphatic carbocycles. The maximum absolute atomic E-state index is 13.9. The Hall–Kier alpha value is -3.59. The van der Waals surface area contributed by atoms with Crippen LogP contribution in [0.3, 0.4) is 0 Å². The number of hydrogen-bond acceptors (Lipinski definition) is 7. The van der Waals surface area contributed by atoms with Gasteiger partial charge in [-0.3, -0.25) is 18.9 Å². The predicted octanol–water partition coefficient (Wildman–Crippen LogP) is 5.00. The Morgan fingerprint density at radius 2 is 1.71 bits per heavy atom. The molecule has 0 aliphatic rings. The summed E-state index contributed by atoms with van der Waals surface area (Å²) in [5, 5.41) is 12.8. The molecule has 0 spiro atoms. The molecule has 5 aromatic rings. The number of benzene rings is 3. The van der Waals surface area contributed by atoms with Gasteiger partial charge in [0.15, 0.2) is 11.9 Å². The van der Waals surface area contributed by atoms with Crippen molar-refractivity contribution in [2.45, 2.75) is 46.1 Å². The topological polar surface area (TPSA) is 127 Å². The van der Waals surface area contributed by atoms with E-state index in [4.69, 9.17) is 19.5 Å². The fourth-order valence-corrected chi connectivity index (χ4v) is 4.84. The van der Waals surface area contributed by atoms with Crippen LogP contribution in [0.2, 0.25) is 0 Å².